The van der Waals surface area contributed by atoms with Crippen molar-refractivity contribution in [3.8, 4) is 22.3 Å². The van der Waals surface area contributed by atoms with E-state index in [4.69, 9.17) is 0 Å². The third-order valence-electron chi connectivity index (χ3n) is 10.6. The lowest BCUT2D eigenvalue weighted by atomic mass is 9.91. The average Bonchev–Trinajstić information content (AvgIpc) is 3.81. The number of rotatable bonds is 5. The highest BCUT2D eigenvalue weighted by Gasteiger charge is 2.22. The van der Waals surface area contributed by atoms with E-state index in [0.29, 0.717) is 0 Å². The van der Waals surface area contributed by atoms with Gasteiger partial charge in [0.05, 0.1) is 16.1 Å². The van der Waals surface area contributed by atoms with Crippen molar-refractivity contribution in [3.63, 3.8) is 0 Å². The van der Waals surface area contributed by atoms with Gasteiger partial charge in [-0.05, 0) is 63.9 Å². The summed E-state index contributed by atoms with van der Waals surface area (Å²) < 4.78 is 5.26. The lowest BCUT2D eigenvalue weighted by molar-refractivity contribution is 1.32. The van der Waals surface area contributed by atoms with E-state index in [0.717, 1.165) is 5.69 Å². The highest BCUT2D eigenvalue weighted by molar-refractivity contribution is 7.27. The molecule has 0 N–H and O–H groups in total. The highest BCUT2D eigenvalue weighted by Crippen LogP contribution is 2.51. The summed E-state index contributed by atoms with van der Waals surface area (Å²) >= 11 is 3.82. The Bertz CT molecular complexity index is 3170. The Morgan fingerprint density at radius 2 is 0.943 bits per heavy atom. The molecule has 3 heteroatoms. The molecule has 0 radical (unpaired) electrons. The van der Waals surface area contributed by atoms with E-state index in [1.807, 2.05) is 22.7 Å². The van der Waals surface area contributed by atoms with Crippen molar-refractivity contribution in [3.05, 3.63) is 188 Å². The molecule has 0 aliphatic heterocycles. The number of anilines is 3. The topological polar surface area (TPSA) is 3.24 Å². The smallest absolute Gasteiger partial charge is 0.0640 e. The molecule has 2 aromatic heterocycles. The maximum Gasteiger partial charge on any atom is 0.0640 e. The fourth-order valence-electron chi connectivity index (χ4n) is 8.29. The van der Waals surface area contributed by atoms with Gasteiger partial charge in [-0.3, -0.25) is 0 Å². The maximum absolute atomic E-state index is 2.48. The molecule has 0 bridgehead atoms. The number of para-hydroxylation sites is 1. The van der Waals surface area contributed by atoms with Gasteiger partial charge in [-0.2, -0.15) is 0 Å². The molecule has 0 saturated carbocycles. The average molecular weight is 710 g/mol. The highest BCUT2D eigenvalue weighted by atomic mass is 32.1. The maximum atomic E-state index is 2.48. The summed E-state index contributed by atoms with van der Waals surface area (Å²) in [4.78, 5) is 2.45. The molecule has 0 fully saturated rings. The van der Waals surface area contributed by atoms with Gasteiger partial charge < -0.3 is 4.90 Å². The van der Waals surface area contributed by atoms with Gasteiger partial charge in [-0.15, -0.1) is 22.7 Å². The van der Waals surface area contributed by atoms with Crippen LogP contribution in [0.5, 0.6) is 0 Å². The largest absolute Gasteiger partial charge is 0.308 e. The Morgan fingerprint density at radius 3 is 1.79 bits per heavy atom. The second-order valence-corrected chi connectivity index (χ2v) is 15.7. The minimum atomic E-state index is 1.14. The summed E-state index contributed by atoms with van der Waals surface area (Å²) in [6, 6.07) is 68.9. The minimum Gasteiger partial charge on any atom is -0.308 e. The number of fused-ring (bicyclic) bond motifs is 9. The van der Waals surface area contributed by atoms with Crippen LogP contribution in [-0.2, 0) is 0 Å². The first-order valence-electron chi connectivity index (χ1n) is 18.0. The number of benzene rings is 9. The van der Waals surface area contributed by atoms with Gasteiger partial charge in [0.1, 0.15) is 0 Å². The second-order valence-electron chi connectivity index (χ2n) is 13.6. The lowest BCUT2D eigenvalue weighted by Crippen LogP contribution is -2.10. The SMILES string of the molecule is c1ccc(-c2ccc(-c3cc4c5cccc(N(c6ccccc6)c6cccc7ccccc67)c5sc4c4ccccc34)c3sc4ccccc4c23)cc1. The first-order valence-corrected chi connectivity index (χ1v) is 19.6. The molecule has 0 aliphatic rings. The Balaban J connectivity index is 1.21. The van der Waals surface area contributed by atoms with Crippen molar-refractivity contribution in [1.82, 2.24) is 0 Å². The normalized spacial score (nSPS) is 11.8. The van der Waals surface area contributed by atoms with Crippen LogP contribution in [0.4, 0.5) is 17.1 Å². The van der Waals surface area contributed by atoms with Gasteiger partial charge in [-0.25, -0.2) is 0 Å². The first-order chi connectivity index (χ1) is 26.3. The van der Waals surface area contributed by atoms with E-state index in [9.17, 15) is 0 Å². The van der Waals surface area contributed by atoms with Gasteiger partial charge in [0.25, 0.3) is 0 Å². The molecule has 0 aliphatic carbocycles. The number of hydrogen-bond acceptors (Lipinski definition) is 3. The molecule has 0 spiro atoms. The van der Waals surface area contributed by atoms with Crippen molar-refractivity contribution < 1.29 is 0 Å². The first kappa shape index (κ1) is 30.4. The lowest BCUT2D eigenvalue weighted by Gasteiger charge is -2.27. The summed E-state index contributed by atoms with van der Waals surface area (Å²) in [5, 5.41) is 10.3. The molecule has 0 atom stereocenters. The Hall–Kier alpha value is -6.26. The molecular weight excluding hydrogens is 679 g/mol. The zero-order valence-electron chi connectivity index (χ0n) is 28.7. The van der Waals surface area contributed by atoms with E-state index in [2.05, 4.69) is 193 Å². The predicted molar refractivity (Wildman–Crippen MR) is 233 cm³/mol. The van der Waals surface area contributed by atoms with Crippen LogP contribution < -0.4 is 4.90 Å². The predicted octanol–water partition coefficient (Wildman–Crippen LogP) is 15.5. The summed E-state index contributed by atoms with van der Waals surface area (Å²) in [6.07, 6.45) is 0. The number of hydrogen-bond donors (Lipinski definition) is 0. The van der Waals surface area contributed by atoms with Crippen molar-refractivity contribution in [2.75, 3.05) is 4.90 Å². The van der Waals surface area contributed by atoms with Gasteiger partial charge in [0.2, 0.25) is 0 Å². The van der Waals surface area contributed by atoms with Crippen LogP contribution in [0.1, 0.15) is 0 Å². The Labute approximate surface area is 315 Å². The fraction of sp³-hybridized carbons (Fsp3) is 0. The quantitative estimate of drug-likeness (QED) is 0.172. The third kappa shape index (κ3) is 4.75. The molecule has 248 valence electrons. The molecule has 2 heterocycles. The monoisotopic (exact) mass is 709 g/mol. The minimum absolute atomic E-state index is 1.14. The summed E-state index contributed by atoms with van der Waals surface area (Å²) in [5.74, 6) is 0. The van der Waals surface area contributed by atoms with Crippen LogP contribution in [0.15, 0.2) is 188 Å². The third-order valence-corrected chi connectivity index (χ3v) is 13.1. The van der Waals surface area contributed by atoms with Gasteiger partial charge in [0, 0.05) is 57.7 Å². The van der Waals surface area contributed by atoms with Crippen LogP contribution in [0.25, 0.3) is 84.1 Å². The van der Waals surface area contributed by atoms with E-state index in [1.165, 1.54) is 95.5 Å². The standard InChI is InChI=1S/C50H31NS2/c1-3-15-33(16-4-1)36-29-30-40(50-47(36)41-24-11-12-28-46(41)52-50)42-31-43-39-25-14-27-45(49(39)53-48(43)38-23-10-9-22-37(38)42)51(34-19-5-2-6-20-34)44-26-13-18-32-17-7-8-21-35(32)44/h1-31H. The zero-order chi connectivity index (χ0) is 34.9. The molecule has 11 aromatic rings. The van der Waals surface area contributed by atoms with E-state index < -0.39 is 0 Å². The molecular formula is C50H31NS2. The Morgan fingerprint density at radius 1 is 0.340 bits per heavy atom. The van der Waals surface area contributed by atoms with Crippen LogP contribution in [-0.4, -0.2) is 0 Å². The summed E-state index contributed by atoms with van der Waals surface area (Å²) in [6.45, 7) is 0. The molecule has 0 saturated heterocycles. The summed E-state index contributed by atoms with van der Waals surface area (Å²) in [5.41, 5.74) is 8.61. The van der Waals surface area contributed by atoms with E-state index >= 15 is 0 Å². The second kappa shape index (κ2) is 12.2. The number of nitrogens with zero attached hydrogens (tertiary/aromatic N) is 1. The number of thiophene rings is 2. The molecule has 9 aromatic carbocycles. The van der Waals surface area contributed by atoms with Crippen LogP contribution in [0, 0.1) is 0 Å². The van der Waals surface area contributed by atoms with Crippen LogP contribution >= 0.6 is 22.7 Å². The fourth-order valence-corrected chi connectivity index (χ4v) is 10.9. The van der Waals surface area contributed by atoms with Crippen molar-refractivity contribution in [2.45, 2.75) is 0 Å². The zero-order valence-corrected chi connectivity index (χ0v) is 30.3. The van der Waals surface area contributed by atoms with Gasteiger partial charge in [-0.1, -0.05) is 152 Å². The van der Waals surface area contributed by atoms with Crippen LogP contribution in [0.3, 0.4) is 0 Å². The van der Waals surface area contributed by atoms with Crippen LogP contribution in [0.2, 0.25) is 0 Å². The molecule has 0 unspecified atom stereocenters. The van der Waals surface area contributed by atoms with Gasteiger partial charge >= 0.3 is 0 Å². The molecule has 53 heavy (non-hydrogen) atoms. The van der Waals surface area contributed by atoms with E-state index in [-0.39, 0.29) is 0 Å². The van der Waals surface area contributed by atoms with Gasteiger partial charge in [0.15, 0.2) is 0 Å². The molecule has 1 nitrogen and oxygen atoms in total. The van der Waals surface area contributed by atoms with E-state index in [1.54, 1.807) is 0 Å². The van der Waals surface area contributed by atoms with Crippen molar-refractivity contribution in [2.24, 2.45) is 0 Å². The Kier molecular flexibility index (Phi) is 6.97. The summed E-state index contributed by atoms with van der Waals surface area (Å²) in [7, 11) is 0. The van der Waals surface area contributed by atoms with Crippen molar-refractivity contribution in [1.29, 1.82) is 0 Å². The van der Waals surface area contributed by atoms with Crippen molar-refractivity contribution >= 4 is 102 Å². The molecule has 11 rings (SSSR count). The molecule has 0 amide bonds.